The minimum absolute atomic E-state index is 0.0461. The molecular weight excluding hydrogens is 372 g/mol. The van der Waals surface area contributed by atoms with Gasteiger partial charge in [-0.1, -0.05) is 44.2 Å². The number of ether oxygens (including phenoxy) is 1. The highest BCUT2D eigenvalue weighted by Crippen LogP contribution is 2.22. The van der Waals surface area contributed by atoms with Crippen LogP contribution >= 0.6 is 0 Å². The zero-order chi connectivity index (χ0) is 21.0. The Hall–Kier alpha value is -3.48. The van der Waals surface area contributed by atoms with Crippen LogP contribution in [0.5, 0.6) is 0 Å². The van der Waals surface area contributed by atoms with Crippen molar-refractivity contribution in [2.45, 2.75) is 19.9 Å². The lowest BCUT2D eigenvalue weighted by Crippen LogP contribution is -2.46. The molecule has 0 bridgehead atoms. The van der Waals surface area contributed by atoms with Crippen LogP contribution < -0.4 is 5.32 Å². The number of rotatable bonds is 7. The van der Waals surface area contributed by atoms with Crippen LogP contribution in [0, 0.1) is 5.92 Å². The monoisotopic (exact) mass is 394 g/mol. The first kappa shape index (κ1) is 20.3. The maximum atomic E-state index is 12.5. The molecule has 1 aliphatic heterocycles. The quantitative estimate of drug-likeness (QED) is 0.575. The van der Waals surface area contributed by atoms with E-state index in [1.165, 1.54) is 0 Å². The first-order valence-electron chi connectivity index (χ1n) is 9.38. The Morgan fingerprint density at radius 2 is 1.48 bits per heavy atom. The van der Waals surface area contributed by atoms with Crippen molar-refractivity contribution in [3.05, 3.63) is 71.3 Å². The second-order valence-electron chi connectivity index (χ2n) is 7.04. The Morgan fingerprint density at radius 3 is 2.03 bits per heavy atom. The summed E-state index contributed by atoms with van der Waals surface area (Å²) in [6.45, 7) is 3.40. The van der Waals surface area contributed by atoms with Crippen LogP contribution in [0.25, 0.3) is 0 Å². The molecule has 3 rings (SSSR count). The van der Waals surface area contributed by atoms with E-state index in [1.54, 1.807) is 68.4 Å². The first-order chi connectivity index (χ1) is 13.9. The summed E-state index contributed by atoms with van der Waals surface area (Å²) in [6, 6.07) is 14.3. The third-order valence-electron chi connectivity index (χ3n) is 4.68. The number of hydrogen-bond donors (Lipinski definition) is 1. The molecule has 7 nitrogen and oxygen atoms in total. The van der Waals surface area contributed by atoms with Gasteiger partial charge in [0.05, 0.1) is 17.7 Å². The molecule has 150 valence electrons. The molecule has 0 fully saturated rings. The Morgan fingerprint density at radius 1 is 0.931 bits per heavy atom. The highest BCUT2D eigenvalue weighted by atomic mass is 16.5. The molecule has 0 saturated carbocycles. The van der Waals surface area contributed by atoms with E-state index in [-0.39, 0.29) is 25.0 Å². The molecule has 0 spiro atoms. The van der Waals surface area contributed by atoms with Gasteiger partial charge in [0, 0.05) is 5.56 Å². The van der Waals surface area contributed by atoms with Gasteiger partial charge in [0.2, 0.25) is 0 Å². The van der Waals surface area contributed by atoms with Gasteiger partial charge in [0.15, 0.2) is 0 Å². The average Bonchev–Trinajstić information content (AvgIpc) is 2.97. The molecule has 1 atom stereocenters. The van der Waals surface area contributed by atoms with Crippen molar-refractivity contribution in [1.82, 2.24) is 10.2 Å². The van der Waals surface area contributed by atoms with Gasteiger partial charge < -0.3 is 10.1 Å². The van der Waals surface area contributed by atoms with Gasteiger partial charge in [-0.05, 0) is 30.2 Å². The van der Waals surface area contributed by atoms with Gasteiger partial charge in [0.25, 0.3) is 17.7 Å². The Balaban J connectivity index is 1.57. The maximum absolute atomic E-state index is 12.5. The number of amides is 3. The molecule has 2 aromatic rings. The molecule has 1 heterocycles. The zero-order valence-electron chi connectivity index (χ0n) is 16.3. The largest absolute Gasteiger partial charge is 0.462 e. The Kier molecular flexibility index (Phi) is 6.07. The minimum atomic E-state index is -0.843. The number of nitrogens with zero attached hydrogens (tertiary/aromatic N) is 1. The van der Waals surface area contributed by atoms with Crippen molar-refractivity contribution in [3.63, 3.8) is 0 Å². The predicted molar refractivity (Wildman–Crippen MR) is 105 cm³/mol. The lowest BCUT2D eigenvalue weighted by atomic mass is 10.0. The van der Waals surface area contributed by atoms with Crippen molar-refractivity contribution >= 4 is 23.7 Å². The number of carbonyl (C=O) groups is 4. The van der Waals surface area contributed by atoms with Crippen LogP contribution in [0.1, 0.15) is 44.9 Å². The van der Waals surface area contributed by atoms with Crippen LogP contribution in [0.2, 0.25) is 0 Å². The van der Waals surface area contributed by atoms with Gasteiger partial charge >= 0.3 is 5.97 Å². The average molecular weight is 394 g/mol. The van der Waals surface area contributed by atoms with E-state index in [0.717, 1.165) is 4.90 Å². The fourth-order valence-electron chi connectivity index (χ4n) is 3.08. The lowest BCUT2D eigenvalue weighted by molar-refractivity contribution is -0.147. The lowest BCUT2D eigenvalue weighted by Gasteiger charge is -2.21. The van der Waals surface area contributed by atoms with Gasteiger partial charge in [0.1, 0.15) is 12.6 Å². The van der Waals surface area contributed by atoms with Crippen LogP contribution in [0.15, 0.2) is 54.6 Å². The van der Waals surface area contributed by atoms with Gasteiger partial charge in [-0.2, -0.15) is 0 Å². The second-order valence-corrected chi connectivity index (χ2v) is 7.04. The fraction of sp³-hybridized carbons (Fsp3) is 0.273. The van der Waals surface area contributed by atoms with Crippen molar-refractivity contribution < 1.29 is 23.9 Å². The summed E-state index contributed by atoms with van der Waals surface area (Å²) in [5, 5.41) is 2.68. The second kappa shape index (κ2) is 8.68. The molecule has 7 heteroatoms. The van der Waals surface area contributed by atoms with E-state index in [9.17, 15) is 19.2 Å². The standard InChI is InChI=1S/C22H22N2O5/c1-14(2)18(23-19(25)15-8-4-3-5-9-15)22(28)29-13-12-24-20(26)16-10-6-7-11-17(16)21(24)27/h3-11,14,18H,12-13H2,1-2H3,(H,23,25)/t18-/m0/s1. The van der Waals surface area contributed by atoms with Crippen molar-refractivity contribution in [2.75, 3.05) is 13.2 Å². The Labute approximate surface area is 168 Å². The molecule has 29 heavy (non-hydrogen) atoms. The van der Waals surface area contributed by atoms with Crippen LogP contribution in [0.3, 0.4) is 0 Å². The topological polar surface area (TPSA) is 92.8 Å². The molecule has 0 aromatic heterocycles. The molecule has 1 aliphatic rings. The van der Waals surface area contributed by atoms with Crippen LogP contribution in [-0.4, -0.2) is 47.8 Å². The minimum Gasteiger partial charge on any atom is -0.462 e. The van der Waals surface area contributed by atoms with E-state index in [4.69, 9.17) is 4.74 Å². The van der Waals surface area contributed by atoms with Gasteiger partial charge in [-0.15, -0.1) is 0 Å². The fourth-order valence-corrected chi connectivity index (χ4v) is 3.08. The summed E-state index contributed by atoms with van der Waals surface area (Å²) in [5.41, 5.74) is 1.13. The third-order valence-corrected chi connectivity index (χ3v) is 4.68. The summed E-state index contributed by atoms with van der Waals surface area (Å²) in [5.74, 6) is -1.99. The molecule has 3 amide bonds. The molecule has 2 aromatic carbocycles. The van der Waals surface area contributed by atoms with Crippen molar-refractivity contribution in [1.29, 1.82) is 0 Å². The normalized spacial score (nSPS) is 14.0. The third kappa shape index (κ3) is 4.34. The van der Waals surface area contributed by atoms with E-state index in [1.807, 2.05) is 0 Å². The summed E-state index contributed by atoms with van der Waals surface area (Å²) in [7, 11) is 0. The number of fused-ring (bicyclic) bond motifs is 1. The summed E-state index contributed by atoms with van der Waals surface area (Å²) in [4.78, 5) is 50.6. The molecular formula is C22H22N2O5. The van der Waals surface area contributed by atoms with E-state index in [0.29, 0.717) is 16.7 Å². The van der Waals surface area contributed by atoms with Crippen molar-refractivity contribution in [3.8, 4) is 0 Å². The van der Waals surface area contributed by atoms with Crippen LogP contribution in [-0.2, 0) is 9.53 Å². The highest BCUT2D eigenvalue weighted by molar-refractivity contribution is 6.21. The molecule has 0 saturated heterocycles. The molecule has 0 radical (unpaired) electrons. The predicted octanol–water partition coefficient (Wildman–Crippen LogP) is 2.28. The number of carbonyl (C=O) groups excluding carboxylic acids is 4. The zero-order valence-corrected chi connectivity index (χ0v) is 16.3. The Bertz CT molecular complexity index is 904. The number of hydrogen-bond acceptors (Lipinski definition) is 5. The summed E-state index contributed by atoms with van der Waals surface area (Å²) < 4.78 is 5.26. The van der Waals surface area contributed by atoms with Crippen molar-refractivity contribution in [2.24, 2.45) is 5.92 Å². The van der Waals surface area contributed by atoms with Gasteiger partial charge in [-0.25, -0.2) is 4.79 Å². The number of benzene rings is 2. The van der Waals surface area contributed by atoms with Gasteiger partial charge in [-0.3, -0.25) is 19.3 Å². The molecule has 0 unspecified atom stereocenters. The summed E-state index contributed by atoms with van der Waals surface area (Å²) in [6.07, 6.45) is 0. The van der Waals surface area contributed by atoms with E-state index >= 15 is 0 Å². The van der Waals surface area contributed by atoms with E-state index < -0.39 is 23.8 Å². The number of esters is 1. The molecule has 0 aliphatic carbocycles. The highest BCUT2D eigenvalue weighted by Gasteiger charge is 2.35. The maximum Gasteiger partial charge on any atom is 0.328 e. The first-order valence-corrected chi connectivity index (χ1v) is 9.38. The molecule has 1 N–H and O–H groups in total. The number of nitrogens with one attached hydrogen (secondary N) is 1. The smallest absolute Gasteiger partial charge is 0.328 e. The summed E-state index contributed by atoms with van der Waals surface area (Å²) >= 11 is 0. The number of imide groups is 1. The SMILES string of the molecule is CC(C)[C@H](NC(=O)c1ccccc1)C(=O)OCCN1C(=O)c2ccccc2C1=O. The van der Waals surface area contributed by atoms with Crippen LogP contribution in [0.4, 0.5) is 0 Å². The van der Waals surface area contributed by atoms with E-state index in [2.05, 4.69) is 5.32 Å².